The van der Waals surface area contributed by atoms with E-state index in [4.69, 9.17) is 4.99 Å². The molecule has 0 radical (unpaired) electrons. The van der Waals surface area contributed by atoms with Gasteiger partial charge in [-0.05, 0) is 66.2 Å². The van der Waals surface area contributed by atoms with Gasteiger partial charge < -0.3 is 4.90 Å². The number of carbonyl (C=O) groups is 1. The predicted octanol–water partition coefficient (Wildman–Crippen LogP) is 2.48. The number of aromatic nitrogens is 2. The molecule has 0 atom stereocenters. The highest BCUT2D eigenvalue weighted by Gasteiger charge is 2.38. The molecule has 1 aromatic carbocycles. The number of rotatable bonds is 3. The Morgan fingerprint density at radius 1 is 1.06 bits per heavy atom. The number of amidine groups is 1. The van der Waals surface area contributed by atoms with Gasteiger partial charge >= 0.3 is 5.13 Å². The Bertz CT molecular complexity index is 1590. The maximum absolute atomic E-state index is 13.5. The van der Waals surface area contributed by atoms with Gasteiger partial charge in [-0.1, -0.05) is 18.2 Å². The van der Waals surface area contributed by atoms with Crippen molar-refractivity contribution in [3.05, 3.63) is 68.2 Å². The SMILES string of the molecule is CCN1C(=O)/C(=c2/s/c(=C3/C=CC=CN3C)c(=O)n2CC)S/C1=N\c1sc2ccccc2[n+]1C. The van der Waals surface area contributed by atoms with Crippen LogP contribution in [0.1, 0.15) is 13.8 Å². The number of aliphatic imine (C=N–C) groups is 1. The number of para-hydroxylation sites is 1. The molecule has 7 nitrogen and oxygen atoms in total. The van der Waals surface area contributed by atoms with Crippen LogP contribution in [0.2, 0.25) is 0 Å². The van der Waals surface area contributed by atoms with Crippen molar-refractivity contribution in [3.63, 3.8) is 0 Å². The van der Waals surface area contributed by atoms with E-state index < -0.39 is 0 Å². The van der Waals surface area contributed by atoms with E-state index in [-0.39, 0.29) is 11.5 Å². The van der Waals surface area contributed by atoms with E-state index in [0.29, 0.717) is 32.4 Å². The molecule has 2 aliphatic heterocycles. The number of thioether (sulfide) groups is 1. The highest BCUT2D eigenvalue weighted by Crippen LogP contribution is 2.34. The molecule has 1 fully saturated rings. The highest BCUT2D eigenvalue weighted by molar-refractivity contribution is 8.23. The number of aryl methyl sites for hydroxylation is 1. The molecule has 174 valence electrons. The third-order valence-corrected chi connectivity index (χ3v) is 9.28. The zero-order valence-electron chi connectivity index (χ0n) is 19.3. The molecule has 1 amide bonds. The smallest absolute Gasteiger partial charge is 0.350 e. The number of hydrogen-bond acceptors (Lipinski definition) is 7. The van der Waals surface area contributed by atoms with Crippen LogP contribution in [-0.4, -0.2) is 39.0 Å². The predicted molar refractivity (Wildman–Crippen MR) is 141 cm³/mol. The summed E-state index contributed by atoms with van der Waals surface area (Å²) in [5, 5.41) is 1.47. The maximum atomic E-state index is 13.5. The van der Waals surface area contributed by atoms with Crippen LogP contribution >= 0.6 is 34.4 Å². The summed E-state index contributed by atoms with van der Waals surface area (Å²) in [6.07, 6.45) is 7.69. The molecule has 3 aromatic rings. The fourth-order valence-electron chi connectivity index (χ4n) is 3.95. The normalized spacial score (nSPS) is 20.5. The summed E-state index contributed by atoms with van der Waals surface area (Å²) in [6.45, 7) is 4.87. The summed E-state index contributed by atoms with van der Waals surface area (Å²) in [5.41, 5.74) is 1.86. The molecule has 5 rings (SSSR count). The fourth-order valence-corrected chi connectivity index (χ4v) is 7.52. The van der Waals surface area contributed by atoms with E-state index in [2.05, 4.69) is 12.1 Å². The van der Waals surface area contributed by atoms with Crippen molar-refractivity contribution in [2.45, 2.75) is 20.4 Å². The third kappa shape index (κ3) is 3.66. The molecule has 1 saturated heterocycles. The Morgan fingerprint density at radius 2 is 1.85 bits per heavy atom. The molecule has 2 aliphatic rings. The van der Waals surface area contributed by atoms with Crippen LogP contribution in [-0.2, 0) is 18.4 Å². The van der Waals surface area contributed by atoms with Gasteiger partial charge in [0.05, 0.1) is 17.4 Å². The minimum atomic E-state index is -0.109. The Kier molecular flexibility index (Phi) is 6.05. The van der Waals surface area contributed by atoms with Crippen molar-refractivity contribution < 1.29 is 9.36 Å². The molecule has 0 N–H and O–H groups in total. The average molecular weight is 511 g/mol. The second-order valence-corrected chi connectivity index (χ2v) is 10.8. The first kappa shape index (κ1) is 22.8. The molecular formula is C24H24N5O2S3+. The standard InChI is InChI=1S/C24H24N5O2S3/c1-5-28-20(30)18(16-12-9-10-14-26(16)3)33-22(28)19-21(31)29(6-2)24(34-19)25-23-27(4)15-11-7-8-13-17(15)32-23/h7-14H,5-6H2,1-4H3/q+1/b18-16-,22-19-. The van der Waals surface area contributed by atoms with Crippen molar-refractivity contribution in [3.8, 4) is 0 Å². The van der Waals surface area contributed by atoms with Crippen LogP contribution in [0.3, 0.4) is 0 Å². The lowest BCUT2D eigenvalue weighted by Crippen LogP contribution is -2.35. The van der Waals surface area contributed by atoms with Gasteiger partial charge in [-0.3, -0.25) is 19.1 Å². The van der Waals surface area contributed by atoms with Gasteiger partial charge in [0, 0.05) is 26.3 Å². The molecule has 2 aromatic heterocycles. The molecule has 34 heavy (non-hydrogen) atoms. The first-order valence-electron chi connectivity index (χ1n) is 11.0. The second kappa shape index (κ2) is 9.01. The van der Waals surface area contributed by atoms with Gasteiger partial charge in [0.2, 0.25) is 0 Å². The van der Waals surface area contributed by atoms with Crippen molar-refractivity contribution in [2.24, 2.45) is 12.0 Å². The Hall–Kier alpha value is -2.95. The Labute approximate surface area is 209 Å². The lowest BCUT2D eigenvalue weighted by Gasteiger charge is -2.16. The average Bonchev–Trinajstić information content (AvgIpc) is 3.45. The van der Waals surface area contributed by atoms with Crippen molar-refractivity contribution in [1.82, 2.24) is 14.4 Å². The lowest BCUT2D eigenvalue weighted by molar-refractivity contribution is -0.627. The third-order valence-electron chi connectivity index (χ3n) is 5.77. The summed E-state index contributed by atoms with van der Waals surface area (Å²) in [5.74, 6) is -0.109. The largest absolute Gasteiger partial charge is 0.385 e. The van der Waals surface area contributed by atoms with Gasteiger partial charge in [0.15, 0.2) is 0 Å². The summed E-state index contributed by atoms with van der Waals surface area (Å²) < 4.78 is 6.20. The minimum Gasteiger partial charge on any atom is -0.350 e. The molecule has 4 heterocycles. The molecule has 0 unspecified atom stereocenters. The monoisotopic (exact) mass is 510 g/mol. The maximum Gasteiger partial charge on any atom is 0.385 e. The first-order chi connectivity index (χ1) is 16.4. The van der Waals surface area contributed by atoms with Gasteiger partial charge in [-0.25, -0.2) is 4.57 Å². The molecular weight excluding hydrogens is 486 g/mol. The van der Waals surface area contributed by atoms with Crippen molar-refractivity contribution >= 4 is 71.5 Å². The summed E-state index contributed by atoms with van der Waals surface area (Å²) in [6, 6.07) is 8.16. The molecule has 0 aliphatic carbocycles. The summed E-state index contributed by atoms with van der Waals surface area (Å²) >= 11 is 4.32. The number of nitrogens with zero attached hydrogens (tertiary/aromatic N) is 5. The zero-order chi connectivity index (χ0) is 24.0. The van der Waals surface area contributed by atoms with Crippen LogP contribution < -0.4 is 19.3 Å². The van der Waals surface area contributed by atoms with Gasteiger partial charge in [-0.2, -0.15) is 0 Å². The van der Waals surface area contributed by atoms with Crippen molar-refractivity contribution in [1.29, 1.82) is 0 Å². The second-order valence-electron chi connectivity index (χ2n) is 7.77. The topological polar surface area (TPSA) is 61.8 Å². The lowest BCUT2D eigenvalue weighted by atomic mass is 10.3. The van der Waals surface area contributed by atoms with E-state index in [0.717, 1.165) is 21.0 Å². The first-order valence-corrected chi connectivity index (χ1v) is 13.4. The number of amides is 1. The number of benzene rings is 1. The number of allylic oxidation sites excluding steroid dienone is 2. The number of fused-ring (bicyclic) bond motifs is 1. The van der Waals surface area contributed by atoms with Crippen LogP contribution in [0.4, 0.5) is 5.13 Å². The van der Waals surface area contributed by atoms with E-state index >= 15 is 0 Å². The number of thiazole rings is 2. The van der Waals surface area contributed by atoms with Gasteiger partial charge in [-0.15, -0.1) is 11.3 Å². The van der Waals surface area contributed by atoms with E-state index in [1.165, 1.54) is 23.1 Å². The van der Waals surface area contributed by atoms with E-state index in [9.17, 15) is 9.59 Å². The van der Waals surface area contributed by atoms with Gasteiger partial charge in [0.25, 0.3) is 16.6 Å². The summed E-state index contributed by atoms with van der Waals surface area (Å²) in [7, 11) is 3.91. The Balaban J connectivity index is 1.69. The van der Waals surface area contributed by atoms with E-state index in [1.54, 1.807) is 20.8 Å². The number of hydrogen-bond donors (Lipinski definition) is 0. The van der Waals surface area contributed by atoms with Gasteiger partial charge in [0.1, 0.15) is 19.6 Å². The minimum absolute atomic E-state index is 0.0745. The van der Waals surface area contributed by atoms with E-state index in [1.807, 2.05) is 74.0 Å². The van der Waals surface area contributed by atoms with Crippen LogP contribution in [0.25, 0.3) is 20.8 Å². The van der Waals surface area contributed by atoms with Crippen LogP contribution in [0.15, 0.2) is 58.5 Å². The van der Waals surface area contributed by atoms with Crippen LogP contribution in [0.5, 0.6) is 0 Å². The number of likely N-dealkylation sites (N-methyl/N-ethyl adjacent to an activating group) is 1. The summed E-state index contributed by atoms with van der Waals surface area (Å²) in [4.78, 5) is 35.8. The molecule has 0 saturated carbocycles. The molecule has 0 spiro atoms. The van der Waals surface area contributed by atoms with Crippen molar-refractivity contribution in [2.75, 3.05) is 13.6 Å². The Morgan fingerprint density at radius 3 is 2.56 bits per heavy atom. The quantitative estimate of drug-likeness (QED) is 0.508. The number of carbonyl (C=O) groups excluding carboxylic acids is 1. The highest BCUT2D eigenvalue weighted by atomic mass is 32.2. The zero-order valence-corrected chi connectivity index (χ0v) is 21.8. The van der Waals surface area contributed by atoms with Crippen LogP contribution in [0, 0.1) is 0 Å². The molecule has 10 heteroatoms. The molecule has 0 bridgehead atoms. The fraction of sp³-hybridized carbons (Fsp3) is 0.250.